The Kier molecular flexibility index (Phi) is 6.49. The highest BCUT2D eigenvalue weighted by Gasteiger charge is 2.73. The predicted molar refractivity (Wildman–Crippen MR) is 150 cm³/mol. The molecular formula is C32H35N3O6. The van der Waals surface area contributed by atoms with E-state index in [1.54, 1.807) is 4.90 Å². The molecule has 2 aromatic carbocycles. The van der Waals surface area contributed by atoms with E-state index in [1.807, 2.05) is 67.6 Å². The van der Waals surface area contributed by atoms with E-state index in [9.17, 15) is 14.4 Å². The Balaban J connectivity index is 1.18. The average Bonchev–Trinajstić information content (AvgIpc) is 3.62. The summed E-state index contributed by atoms with van der Waals surface area (Å²) in [5, 5.41) is 6.20. The maximum atomic E-state index is 14.3. The lowest BCUT2D eigenvalue weighted by Gasteiger charge is -2.36. The summed E-state index contributed by atoms with van der Waals surface area (Å²) in [6, 6.07) is 14.1. The van der Waals surface area contributed by atoms with Crippen LogP contribution in [0.4, 0.5) is 5.69 Å². The van der Waals surface area contributed by atoms with Gasteiger partial charge in [-0.25, -0.2) is 0 Å². The number of fused-ring (bicyclic) bond motifs is 2. The van der Waals surface area contributed by atoms with Gasteiger partial charge in [-0.3, -0.25) is 14.4 Å². The molecule has 9 heteroatoms. The van der Waals surface area contributed by atoms with Gasteiger partial charge in [-0.05, 0) is 44.0 Å². The topological polar surface area (TPSA) is 106 Å². The number of amides is 3. The Bertz CT molecular complexity index is 1390. The van der Waals surface area contributed by atoms with Gasteiger partial charge in [0.25, 0.3) is 0 Å². The lowest BCUT2D eigenvalue weighted by Crippen LogP contribution is -2.58. The van der Waals surface area contributed by atoms with E-state index in [1.165, 1.54) is 0 Å². The molecule has 3 amide bonds. The SMILES string of the molecule is Cc1ccc(NC(=O)[C@H]2[C@H]3C=C[C@]4(O3)[C@H](C(=O)NC3CCCCC3)N(C[C@H]3COc5ccccc5O3)C(=O)[C@@H]24)cc1. The van der Waals surface area contributed by atoms with Crippen LogP contribution in [0.2, 0.25) is 0 Å². The van der Waals surface area contributed by atoms with Crippen molar-refractivity contribution in [3.8, 4) is 11.5 Å². The zero-order valence-electron chi connectivity index (χ0n) is 23.1. The van der Waals surface area contributed by atoms with E-state index in [0.29, 0.717) is 17.2 Å². The van der Waals surface area contributed by atoms with Gasteiger partial charge in [0.1, 0.15) is 18.2 Å². The largest absolute Gasteiger partial charge is 0.486 e. The summed E-state index contributed by atoms with van der Waals surface area (Å²) in [6.45, 7) is 2.36. The summed E-state index contributed by atoms with van der Waals surface area (Å²) in [6.07, 6.45) is 7.76. The zero-order chi connectivity index (χ0) is 28.1. The molecule has 41 heavy (non-hydrogen) atoms. The summed E-state index contributed by atoms with van der Waals surface area (Å²) < 4.78 is 18.6. The van der Waals surface area contributed by atoms with E-state index in [2.05, 4.69) is 10.6 Å². The second-order valence-electron chi connectivity index (χ2n) is 11.9. The van der Waals surface area contributed by atoms with Crippen molar-refractivity contribution in [2.24, 2.45) is 11.8 Å². The number of hydrogen-bond donors (Lipinski definition) is 2. The van der Waals surface area contributed by atoms with E-state index >= 15 is 0 Å². The molecule has 0 aromatic heterocycles. The van der Waals surface area contributed by atoms with Crippen molar-refractivity contribution in [3.63, 3.8) is 0 Å². The molecule has 2 N–H and O–H groups in total. The van der Waals surface area contributed by atoms with Gasteiger partial charge >= 0.3 is 0 Å². The van der Waals surface area contributed by atoms with Crippen LogP contribution in [0.1, 0.15) is 37.7 Å². The number of anilines is 1. The number of ether oxygens (including phenoxy) is 3. The second kappa shape index (κ2) is 10.2. The number of carbonyl (C=O) groups is 3. The fraction of sp³-hybridized carbons (Fsp3) is 0.469. The van der Waals surface area contributed by atoms with Crippen LogP contribution in [-0.2, 0) is 19.1 Å². The molecule has 1 spiro atoms. The van der Waals surface area contributed by atoms with Crippen LogP contribution in [0.5, 0.6) is 11.5 Å². The van der Waals surface area contributed by atoms with Gasteiger partial charge in [-0.1, -0.05) is 61.2 Å². The number of benzene rings is 2. The first-order valence-electron chi connectivity index (χ1n) is 14.7. The molecule has 1 saturated carbocycles. The molecule has 2 aromatic rings. The van der Waals surface area contributed by atoms with Crippen molar-refractivity contribution in [2.75, 3.05) is 18.5 Å². The highest BCUT2D eigenvalue weighted by atomic mass is 16.6. The number of nitrogens with one attached hydrogen (secondary N) is 2. The highest BCUT2D eigenvalue weighted by molar-refractivity contribution is 6.02. The second-order valence-corrected chi connectivity index (χ2v) is 11.9. The van der Waals surface area contributed by atoms with Gasteiger partial charge in [0.05, 0.1) is 24.5 Å². The van der Waals surface area contributed by atoms with Crippen molar-refractivity contribution in [1.29, 1.82) is 0 Å². The first-order chi connectivity index (χ1) is 19.9. The van der Waals surface area contributed by atoms with Gasteiger partial charge in [-0.2, -0.15) is 0 Å². The van der Waals surface area contributed by atoms with E-state index < -0.39 is 35.7 Å². The third-order valence-corrected chi connectivity index (χ3v) is 9.16. The zero-order valence-corrected chi connectivity index (χ0v) is 23.1. The van der Waals surface area contributed by atoms with Gasteiger partial charge in [0, 0.05) is 11.7 Å². The summed E-state index contributed by atoms with van der Waals surface area (Å²) in [5.74, 6) is -1.12. The van der Waals surface area contributed by atoms with Gasteiger partial charge in [0.15, 0.2) is 17.6 Å². The van der Waals surface area contributed by atoms with Crippen molar-refractivity contribution in [3.05, 3.63) is 66.2 Å². The third-order valence-electron chi connectivity index (χ3n) is 9.16. The minimum Gasteiger partial charge on any atom is -0.486 e. The number of nitrogens with zero attached hydrogens (tertiary/aromatic N) is 1. The molecule has 2 bridgehead atoms. The van der Waals surface area contributed by atoms with Crippen LogP contribution in [0.3, 0.4) is 0 Å². The lowest BCUT2D eigenvalue weighted by atomic mass is 9.74. The van der Waals surface area contributed by atoms with E-state index in [0.717, 1.165) is 37.7 Å². The summed E-state index contributed by atoms with van der Waals surface area (Å²) in [5.41, 5.74) is 0.517. The number of likely N-dealkylation sites (tertiary alicyclic amines) is 1. The minimum atomic E-state index is -1.22. The summed E-state index contributed by atoms with van der Waals surface area (Å²) >= 11 is 0. The molecule has 4 aliphatic heterocycles. The van der Waals surface area contributed by atoms with Crippen LogP contribution in [0.15, 0.2) is 60.7 Å². The Morgan fingerprint density at radius 3 is 2.54 bits per heavy atom. The number of carbonyl (C=O) groups excluding carboxylic acids is 3. The van der Waals surface area contributed by atoms with Crippen molar-refractivity contribution < 1.29 is 28.6 Å². The summed E-state index contributed by atoms with van der Waals surface area (Å²) in [7, 11) is 0. The Morgan fingerprint density at radius 1 is 1.00 bits per heavy atom. The maximum absolute atomic E-state index is 14.3. The van der Waals surface area contributed by atoms with Crippen LogP contribution in [0.25, 0.3) is 0 Å². The average molecular weight is 558 g/mol. The van der Waals surface area contributed by atoms with Gasteiger partial charge in [-0.15, -0.1) is 0 Å². The van der Waals surface area contributed by atoms with Crippen molar-refractivity contribution in [2.45, 2.75) is 68.9 Å². The number of para-hydroxylation sites is 2. The molecular weight excluding hydrogens is 522 g/mol. The van der Waals surface area contributed by atoms with E-state index in [4.69, 9.17) is 14.2 Å². The normalized spacial score (nSPS) is 31.7. The highest BCUT2D eigenvalue weighted by Crippen LogP contribution is 2.55. The van der Waals surface area contributed by atoms with Gasteiger partial charge < -0.3 is 29.7 Å². The molecule has 4 heterocycles. The first kappa shape index (κ1) is 26.1. The molecule has 3 fully saturated rings. The Hall–Kier alpha value is -3.85. The van der Waals surface area contributed by atoms with Crippen molar-refractivity contribution >= 4 is 23.4 Å². The molecule has 0 unspecified atom stereocenters. The van der Waals surface area contributed by atoms with Crippen LogP contribution in [0, 0.1) is 18.8 Å². The number of rotatable bonds is 6. The molecule has 0 radical (unpaired) electrons. The first-order valence-corrected chi connectivity index (χ1v) is 14.7. The molecule has 2 saturated heterocycles. The Labute approximate surface area is 239 Å². The van der Waals surface area contributed by atoms with E-state index in [-0.39, 0.29) is 36.9 Å². The summed E-state index contributed by atoms with van der Waals surface area (Å²) in [4.78, 5) is 43.5. The standard InChI is InChI=1S/C32H35N3O6/c1-19-11-13-21(14-12-19)33-29(36)26-25-15-16-32(41-25)27(26)31(38)35(28(32)30(37)34-20-7-3-2-4-8-20)17-22-18-39-23-9-5-6-10-24(23)40-22/h5-6,9-16,20,22,25-28H,2-4,7-8,17-18H2,1H3,(H,33,36)(H,34,37)/t22-,25+,26-,27+,28-,32+/m0/s1. The van der Waals surface area contributed by atoms with Crippen LogP contribution >= 0.6 is 0 Å². The Morgan fingerprint density at radius 2 is 1.76 bits per heavy atom. The fourth-order valence-corrected chi connectivity index (χ4v) is 7.23. The predicted octanol–water partition coefficient (Wildman–Crippen LogP) is 3.37. The molecule has 6 atom stereocenters. The maximum Gasteiger partial charge on any atom is 0.246 e. The van der Waals surface area contributed by atoms with Gasteiger partial charge in [0.2, 0.25) is 17.7 Å². The van der Waals surface area contributed by atoms with Crippen LogP contribution < -0.4 is 20.1 Å². The minimum absolute atomic E-state index is 0.0630. The molecule has 7 rings (SSSR count). The molecule has 214 valence electrons. The fourth-order valence-electron chi connectivity index (χ4n) is 7.23. The molecule has 9 nitrogen and oxygen atoms in total. The third kappa shape index (κ3) is 4.47. The number of aryl methyl sites for hydroxylation is 1. The van der Waals surface area contributed by atoms with Crippen LogP contribution in [-0.4, -0.2) is 65.7 Å². The smallest absolute Gasteiger partial charge is 0.246 e. The quantitative estimate of drug-likeness (QED) is 0.528. The van der Waals surface area contributed by atoms with Crippen molar-refractivity contribution in [1.82, 2.24) is 10.2 Å². The monoisotopic (exact) mass is 557 g/mol. The lowest BCUT2D eigenvalue weighted by molar-refractivity contribution is -0.143. The number of hydrogen-bond acceptors (Lipinski definition) is 6. The molecule has 5 aliphatic rings. The molecule has 1 aliphatic carbocycles.